The first-order valence-electron chi connectivity index (χ1n) is 17.8. The van der Waals surface area contributed by atoms with Gasteiger partial charge in [-0.1, -0.05) is 74.6 Å². The number of aromatic amines is 1. The van der Waals surface area contributed by atoms with Crippen LogP contribution in [0.5, 0.6) is 0 Å². The fraction of sp³-hybridized carbons (Fsp3) is 0.476. The maximum absolute atomic E-state index is 5.18. The Labute approximate surface area is 272 Å². The Morgan fingerprint density at radius 1 is 0.867 bits per heavy atom. The first kappa shape index (κ1) is 31.5. The molecule has 3 aromatic rings. The Kier molecular flexibility index (Phi) is 10.0. The third kappa shape index (κ3) is 7.03. The van der Waals surface area contributed by atoms with Gasteiger partial charge < -0.3 is 4.98 Å². The topological polar surface area (TPSA) is 41.0 Å². The Morgan fingerprint density at radius 3 is 2.44 bits per heavy atom. The summed E-state index contributed by atoms with van der Waals surface area (Å²) in [5, 5.41) is 0. The van der Waals surface area contributed by atoms with Crippen LogP contribution in [0.4, 0.5) is 0 Å². The maximum Gasteiger partial charge on any atom is 0.0496 e. The summed E-state index contributed by atoms with van der Waals surface area (Å²) in [6.45, 7) is 11.5. The summed E-state index contributed by atoms with van der Waals surface area (Å²) >= 11 is 0. The standard InChI is InChI=1S/C42H53N3/c1-6-32-24-37(36(7-2)30(5)42(32)34-15-9-8-10-16-34)33-14-12-11-13-31(19-21-33)23-41-38-25-40(35-20-18-29(4)43-27-35)45-39(38)22-17-28(3)26-44-41/h8-10,15-16,18,20,25-27,31-33,45H,6-7,11-14,17,19,21-24H2,1-5H3. The van der Waals surface area contributed by atoms with E-state index in [0.717, 1.165) is 42.6 Å². The summed E-state index contributed by atoms with van der Waals surface area (Å²) in [5.41, 5.74) is 16.8. The fourth-order valence-electron chi connectivity index (χ4n) is 8.44. The van der Waals surface area contributed by atoms with E-state index in [1.54, 1.807) is 22.3 Å². The SMILES string of the molecule is CCC1=C(C2CCCCC(CC3=NC=C(C)CCc4[nH]c(-c5ccc(C)nc5)cc43)CC2)CC(CC)C(c2ccccc2)=C1C. The molecule has 1 saturated carbocycles. The number of pyridine rings is 1. The minimum Gasteiger partial charge on any atom is -0.358 e. The van der Waals surface area contributed by atoms with Crippen molar-refractivity contribution in [3.8, 4) is 11.3 Å². The van der Waals surface area contributed by atoms with Gasteiger partial charge in [-0.25, -0.2) is 0 Å². The molecule has 3 heterocycles. The van der Waals surface area contributed by atoms with Gasteiger partial charge in [0.25, 0.3) is 0 Å². The molecular weight excluding hydrogens is 546 g/mol. The molecule has 6 rings (SSSR count). The van der Waals surface area contributed by atoms with Crippen LogP contribution in [0.25, 0.3) is 16.8 Å². The van der Waals surface area contributed by atoms with Crippen molar-refractivity contribution in [2.24, 2.45) is 22.7 Å². The molecule has 3 aliphatic rings. The highest BCUT2D eigenvalue weighted by molar-refractivity contribution is 6.03. The van der Waals surface area contributed by atoms with Crippen LogP contribution in [-0.2, 0) is 6.42 Å². The van der Waals surface area contributed by atoms with Crippen molar-refractivity contribution in [1.29, 1.82) is 0 Å². The maximum atomic E-state index is 5.18. The van der Waals surface area contributed by atoms with E-state index in [1.165, 1.54) is 79.5 Å². The van der Waals surface area contributed by atoms with Gasteiger partial charge in [-0.3, -0.25) is 9.98 Å². The number of nitrogens with one attached hydrogen (secondary N) is 1. The number of aromatic nitrogens is 2. The molecule has 0 spiro atoms. The van der Waals surface area contributed by atoms with Gasteiger partial charge in [-0.05, 0) is 137 Å². The van der Waals surface area contributed by atoms with Crippen molar-refractivity contribution in [1.82, 2.24) is 9.97 Å². The smallest absolute Gasteiger partial charge is 0.0496 e. The van der Waals surface area contributed by atoms with Crippen LogP contribution in [0.3, 0.4) is 0 Å². The summed E-state index contributed by atoms with van der Waals surface area (Å²) < 4.78 is 0. The van der Waals surface area contributed by atoms with Gasteiger partial charge in [-0.15, -0.1) is 0 Å². The van der Waals surface area contributed by atoms with E-state index in [2.05, 4.69) is 92.4 Å². The predicted octanol–water partition coefficient (Wildman–Crippen LogP) is 11.6. The van der Waals surface area contributed by atoms with Gasteiger partial charge >= 0.3 is 0 Å². The average Bonchev–Trinajstić information content (AvgIpc) is 3.46. The Hall–Kier alpha value is -3.46. The summed E-state index contributed by atoms with van der Waals surface area (Å²) in [6, 6.07) is 17.8. The zero-order chi connectivity index (χ0) is 31.3. The van der Waals surface area contributed by atoms with Crippen molar-refractivity contribution < 1.29 is 0 Å². The molecular formula is C42H53N3. The quantitative estimate of drug-likeness (QED) is 0.288. The third-order valence-electron chi connectivity index (χ3n) is 11.0. The van der Waals surface area contributed by atoms with E-state index in [0.29, 0.717) is 17.8 Å². The van der Waals surface area contributed by atoms with E-state index in [1.807, 2.05) is 13.1 Å². The molecule has 0 bridgehead atoms. The average molecular weight is 600 g/mol. The number of H-pyrrole nitrogens is 1. The molecule has 3 unspecified atom stereocenters. The molecule has 0 saturated heterocycles. The van der Waals surface area contributed by atoms with Crippen LogP contribution in [0, 0.1) is 24.7 Å². The van der Waals surface area contributed by atoms with Crippen molar-refractivity contribution in [3.63, 3.8) is 0 Å². The Balaban J connectivity index is 1.25. The largest absolute Gasteiger partial charge is 0.358 e. The molecule has 1 aliphatic heterocycles. The normalized spacial score (nSPS) is 23.0. The van der Waals surface area contributed by atoms with Gasteiger partial charge in [0.1, 0.15) is 0 Å². The van der Waals surface area contributed by atoms with Gasteiger partial charge in [-0.2, -0.15) is 0 Å². The highest BCUT2D eigenvalue weighted by Crippen LogP contribution is 2.47. The minimum absolute atomic E-state index is 0.628. The number of fused-ring (bicyclic) bond motifs is 1. The zero-order valence-electron chi connectivity index (χ0n) is 28.4. The fourth-order valence-corrected chi connectivity index (χ4v) is 8.44. The van der Waals surface area contributed by atoms with Crippen LogP contribution < -0.4 is 0 Å². The lowest BCUT2D eigenvalue weighted by atomic mass is 9.69. The lowest BCUT2D eigenvalue weighted by molar-refractivity contribution is 0.332. The van der Waals surface area contributed by atoms with E-state index < -0.39 is 0 Å². The van der Waals surface area contributed by atoms with Gasteiger partial charge in [0, 0.05) is 46.3 Å². The molecule has 3 nitrogen and oxygen atoms in total. The number of aryl methyl sites for hydroxylation is 2. The van der Waals surface area contributed by atoms with Crippen molar-refractivity contribution in [2.45, 2.75) is 112 Å². The number of nitrogens with zero attached hydrogens (tertiary/aromatic N) is 2. The second-order valence-corrected chi connectivity index (χ2v) is 14.0. The molecule has 45 heavy (non-hydrogen) atoms. The Morgan fingerprint density at radius 2 is 1.69 bits per heavy atom. The molecule has 2 aliphatic carbocycles. The van der Waals surface area contributed by atoms with Crippen LogP contribution in [0.15, 0.2) is 88.2 Å². The van der Waals surface area contributed by atoms with Crippen LogP contribution >= 0.6 is 0 Å². The monoisotopic (exact) mass is 599 g/mol. The van der Waals surface area contributed by atoms with E-state index in [4.69, 9.17) is 4.99 Å². The van der Waals surface area contributed by atoms with Crippen LogP contribution in [-0.4, -0.2) is 15.7 Å². The first-order valence-corrected chi connectivity index (χ1v) is 17.8. The molecule has 3 heteroatoms. The molecule has 0 radical (unpaired) electrons. The third-order valence-corrected chi connectivity index (χ3v) is 11.0. The van der Waals surface area contributed by atoms with Gasteiger partial charge in [0.05, 0.1) is 0 Å². The molecule has 2 aromatic heterocycles. The summed E-state index contributed by atoms with van der Waals surface area (Å²) in [6.07, 6.45) is 18.9. The second-order valence-electron chi connectivity index (χ2n) is 14.0. The van der Waals surface area contributed by atoms with Crippen molar-refractivity contribution in [3.05, 3.63) is 106 Å². The van der Waals surface area contributed by atoms with E-state index in [-0.39, 0.29) is 0 Å². The highest BCUT2D eigenvalue weighted by atomic mass is 14.8. The molecule has 1 fully saturated rings. The predicted molar refractivity (Wildman–Crippen MR) is 191 cm³/mol. The number of aliphatic imine (C=N–C) groups is 1. The lowest BCUT2D eigenvalue weighted by Crippen LogP contribution is -2.21. The van der Waals surface area contributed by atoms with Gasteiger partial charge in [0.2, 0.25) is 0 Å². The molecule has 236 valence electrons. The number of allylic oxidation sites excluding steroid dienone is 5. The summed E-state index contributed by atoms with van der Waals surface area (Å²) in [4.78, 5) is 13.5. The number of hydrogen-bond acceptors (Lipinski definition) is 2. The summed E-state index contributed by atoms with van der Waals surface area (Å²) in [5.74, 6) is 2.02. The van der Waals surface area contributed by atoms with E-state index >= 15 is 0 Å². The van der Waals surface area contributed by atoms with Crippen LogP contribution in [0.2, 0.25) is 0 Å². The second kappa shape index (κ2) is 14.3. The molecule has 1 aromatic carbocycles. The zero-order valence-corrected chi connectivity index (χ0v) is 28.4. The molecule has 1 N–H and O–H groups in total. The first-order chi connectivity index (χ1) is 21.9. The number of hydrogen-bond donors (Lipinski definition) is 1. The minimum atomic E-state index is 0.628. The Bertz CT molecular complexity index is 1590. The van der Waals surface area contributed by atoms with Crippen molar-refractivity contribution in [2.75, 3.05) is 0 Å². The van der Waals surface area contributed by atoms with E-state index in [9.17, 15) is 0 Å². The van der Waals surface area contributed by atoms with Gasteiger partial charge in [0.15, 0.2) is 0 Å². The summed E-state index contributed by atoms with van der Waals surface area (Å²) in [7, 11) is 0. The van der Waals surface area contributed by atoms with Crippen molar-refractivity contribution >= 4 is 11.3 Å². The lowest BCUT2D eigenvalue weighted by Gasteiger charge is -2.36. The number of benzene rings is 1. The molecule has 0 amide bonds. The highest BCUT2D eigenvalue weighted by Gasteiger charge is 2.31. The van der Waals surface area contributed by atoms with Crippen LogP contribution in [0.1, 0.15) is 121 Å². The molecule has 3 atom stereocenters. The number of rotatable bonds is 7.